The number of aryl methyl sites for hydroxylation is 2. The first-order valence-electron chi connectivity index (χ1n) is 4.91. The van der Waals surface area contributed by atoms with Crippen LogP contribution in [0.1, 0.15) is 24.4 Å². The first-order chi connectivity index (χ1) is 7.06. The molecule has 0 radical (unpaired) electrons. The molecule has 5 heteroatoms. The fourth-order valence-electron chi connectivity index (χ4n) is 1.48. The van der Waals surface area contributed by atoms with Crippen LogP contribution in [0, 0.1) is 13.8 Å². The Morgan fingerprint density at radius 1 is 1.40 bits per heavy atom. The third-order valence-electron chi connectivity index (χ3n) is 2.62. The number of nitrogens with one attached hydrogen (secondary N) is 1. The lowest BCUT2D eigenvalue weighted by Crippen LogP contribution is -2.24. The molecule has 2 rings (SSSR count). The van der Waals surface area contributed by atoms with Crippen molar-refractivity contribution in [2.75, 3.05) is 11.2 Å². The molecule has 0 unspecified atom stereocenters. The Balaban J connectivity index is 2.28. The highest BCUT2D eigenvalue weighted by atomic mass is 79.9. The van der Waals surface area contributed by atoms with Crippen LogP contribution in [0.5, 0.6) is 0 Å². The van der Waals surface area contributed by atoms with Gasteiger partial charge in [-0.05, 0) is 42.6 Å². The topological polar surface area (TPSA) is 37.8 Å². The molecule has 0 saturated heterocycles. The van der Waals surface area contributed by atoms with Gasteiger partial charge in [0.2, 0.25) is 0 Å². The number of aromatic nitrogens is 2. The number of hydrogen-bond donors (Lipinski definition) is 1. The van der Waals surface area contributed by atoms with E-state index in [1.807, 2.05) is 13.8 Å². The zero-order chi connectivity index (χ0) is 11.1. The maximum absolute atomic E-state index is 5.92. The molecule has 0 amide bonds. The van der Waals surface area contributed by atoms with Crippen molar-refractivity contribution >= 4 is 33.3 Å². The summed E-state index contributed by atoms with van der Waals surface area (Å²) in [6.07, 6.45) is 2.23. The third-order valence-corrected chi connectivity index (χ3v) is 4.08. The Morgan fingerprint density at radius 3 is 2.60 bits per heavy atom. The second kappa shape index (κ2) is 3.91. The fraction of sp³-hybridized carbons (Fsp3) is 0.600. The predicted molar refractivity (Wildman–Crippen MR) is 65.5 cm³/mol. The van der Waals surface area contributed by atoms with Gasteiger partial charge < -0.3 is 5.32 Å². The van der Waals surface area contributed by atoms with E-state index in [1.54, 1.807) is 0 Å². The summed E-state index contributed by atoms with van der Waals surface area (Å²) in [5, 5.41) is 3.40. The molecule has 1 N–H and O–H groups in total. The molecule has 82 valence electrons. The molecule has 0 spiro atoms. The molecule has 0 bridgehead atoms. The van der Waals surface area contributed by atoms with Gasteiger partial charge in [0, 0.05) is 5.88 Å². The van der Waals surface area contributed by atoms with Crippen LogP contribution < -0.4 is 5.32 Å². The van der Waals surface area contributed by atoms with E-state index < -0.39 is 0 Å². The van der Waals surface area contributed by atoms with E-state index in [2.05, 4.69) is 31.2 Å². The van der Waals surface area contributed by atoms with E-state index in [0.717, 1.165) is 34.7 Å². The highest BCUT2D eigenvalue weighted by Gasteiger charge is 2.42. The van der Waals surface area contributed by atoms with Crippen LogP contribution in [0.2, 0.25) is 0 Å². The molecule has 0 aliphatic heterocycles. The molecule has 0 aromatic carbocycles. The molecule has 1 aliphatic rings. The molecule has 1 aromatic rings. The van der Waals surface area contributed by atoms with Crippen LogP contribution in [0.15, 0.2) is 4.47 Å². The van der Waals surface area contributed by atoms with Gasteiger partial charge in [-0.15, -0.1) is 11.6 Å². The molecule has 1 heterocycles. The van der Waals surface area contributed by atoms with Crippen molar-refractivity contribution in [1.82, 2.24) is 9.97 Å². The van der Waals surface area contributed by atoms with Gasteiger partial charge in [0.15, 0.2) is 0 Å². The lowest BCUT2D eigenvalue weighted by molar-refractivity contribution is 0.820. The lowest BCUT2D eigenvalue weighted by atomic mass is 10.3. The third kappa shape index (κ3) is 2.26. The van der Waals surface area contributed by atoms with E-state index in [9.17, 15) is 0 Å². The number of alkyl halides is 1. The van der Waals surface area contributed by atoms with Gasteiger partial charge in [0.25, 0.3) is 0 Å². The van der Waals surface area contributed by atoms with Crippen molar-refractivity contribution in [2.24, 2.45) is 0 Å². The average Bonchev–Trinajstić information content (AvgIpc) is 2.94. The summed E-state index contributed by atoms with van der Waals surface area (Å²) in [5.41, 5.74) is 1.02. The summed E-state index contributed by atoms with van der Waals surface area (Å²) >= 11 is 9.41. The zero-order valence-electron chi connectivity index (χ0n) is 8.77. The van der Waals surface area contributed by atoms with E-state index in [-0.39, 0.29) is 5.54 Å². The summed E-state index contributed by atoms with van der Waals surface area (Å²) in [5.74, 6) is 2.27. The van der Waals surface area contributed by atoms with Crippen LogP contribution in [0.3, 0.4) is 0 Å². The summed E-state index contributed by atoms with van der Waals surface area (Å²) in [6, 6.07) is 0. The van der Waals surface area contributed by atoms with Gasteiger partial charge in [0.05, 0.1) is 15.7 Å². The van der Waals surface area contributed by atoms with Gasteiger partial charge in [0.1, 0.15) is 11.6 Å². The minimum Gasteiger partial charge on any atom is -0.362 e. The largest absolute Gasteiger partial charge is 0.362 e. The Hall–Kier alpha value is -0.350. The number of nitrogens with zero attached hydrogens (tertiary/aromatic N) is 2. The number of halogens is 2. The fourth-order valence-corrected chi connectivity index (χ4v) is 2.09. The molecule has 1 fully saturated rings. The zero-order valence-corrected chi connectivity index (χ0v) is 11.1. The highest BCUT2D eigenvalue weighted by molar-refractivity contribution is 9.10. The highest BCUT2D eigenvalue weighted by Crippen LogP contribution is 2.41. The summed E-state index contributed by atoms with van der Waals surface area (Å²) in [4.78, 5) is 8.66. The van der Waals surface area contributed by atoms with Crippen molar-refractivity contribution in [3.05, 3.63) is 16.0 Å². The second-order valence-corrected chi connectivity index (χ2v) is 5.12. The minimum absolute atomic E-state index is 0.0668. The van der Waals surface area contributed by atoms with Crippen molar-refractivity contribution < 1.29 is 0 Å². The minimum atomic E-state index is 0.0668. The van der Waals surface area contributed by atoms with E-state index >= 15 is 0 Å². The van der Waals surface area contributed by atoms with Crippen molar-refractivity contribution in [1.29, 1.82) is 0 Å². The standard InChI is InChI=1S/C10H13BrClN3/c1-6-8(11)9(14-7(2)13-6)15-10(5-12)3-4-10/h3-5H2,1-2H3,(H,13,14,15). The predicted octanol–water partition coefficient (Wildman–Crippen LogP) is 3.04. The number of hydrogen-bond acceptors (Lipinski definition) is 3. The molecule has 0 atom stereocenters. The Kier molecular flexibility index (Phi) is 2.90. The first kappa shape index (κ1) is 11.1. The molecular formula is C10H13BrClN3. The van der Waals surface area contributed by atoms with Crippen LogP contribution in [-0.2, 0) is 0 Å². The molecular weight excluding hydrogens is 277 g/mol. The van der Waals surface area contributed by atoms with E-state index in [4.69, 9.17) is 11.6 Å². The molecule has 1 saturated carbocycles. The Labute approximate surface area is 103 Å². The second-order valence-electron chi connectivity index (χ2n) is 4.06. The summed E-state index contributed by atoms with van der Waals surface area (Å²) in [6.45, 7) is 3.86. The lowest BCUT2D eigenvalue weighted by Gasteiger charge is -2.16. The average molecular weight is 291 g/mol. The maximum Gasteiger partial charge on any atom is 0.144 e. The van der Waals surface area contributed by atoms with Crippen molar-refractivity contribution in [3.8, 4) is 0 Å². The summed E-state index contributed by atoms with van der Waals surface area (Å²) < 4.78 is 0.935. The normalized spacial score (nSPS) is 17.6. The van der Waals surface area contributed by atoms with Crippen LogP contribution >= 0.6 is 27.5 Å². The monoisotopic (exact) mass is 289 g/mol. The van der Waals surface area contributed by atoms with Gasteiger partial charge in [-0.2, -0.15) is 0 Å². The Morgan fingerprint density at radius 2 is 2.07 bits per heavy atom. The van der Waals surface area contributed by atoms with Gasteiger partial charge in [-0.25, -0.2) is 9.97 Å². The smallest absolute Gasteiger partial charge is 0.144 e. The molecule has 1 aliphatic carbocycles. The maximum atomic E-state index is 5.92. The van der Waals surface area contributed by atoms with Gasteiger partial charge in [-0.3, -0.25) is 0 Å². The number of anilines is 1. The molecule has 1 aromatic heterocycles. The van der Waals surface area contributed by atoms with Crippen LogP contribution in [0.4, 0.5) is 5.82 Å². The molecule has 15 heavy (non-hydrogen) atoms. The first-order valence-corrected chi connectivity index (χ1v) is 6.24. The Bertz CT molecular complexity index is 390. The van der Waals surface area contributed by atoms with Crippen LogP contribution in [0.25, 0.3) is 0 Å². The molecule has 3 nitrogen and oxygen atoms in total. The number of rotatable bonds is 3. The van der Waals surface area contributed by atoms with Crippen molar-refractivity contribution in [3.63, 3.8) is 0 Å². The van der Waals surface area contributed by atoms with Gasteiger partial charge >= 0.3 is 0 Å². The quantitative estimate of drug-likeness (QED) is 0.870. The van der Waals surface area contributed by atoms with Crippen molar-refractivity contribution in [2.45, 2.75) is 32.2 Å². The van der Waals surface area contributed by atoms with E-state index in [0.29, 0.717) is 5.88 Å². The van der Waals surface area contributed by atoms with Gasteiger partial charge in [-0.1, -0.05) is 0 Å². The SMILES string of the molecule is Cc1nc(C)c(Br)c(NC2(CCl)CC2)n1. The summed E-state index contributed by atoms with van der Waals surface area (Å²) in [7, 11) is 0. The van der Waals surface area contributed by atoms with Crippen LogP contribution in [-0.4, -0.2) is 21.4 Å². The van der Waals surface area contributed by atoms with E-state index in [1.165, 1.54) is 0 Å².